The molecule has 10 heteroatoms. The molecule has 1 aromatic rings. The van der Waals surface area contributed by atoms with Crippen molar-refractivity contribution < 1.29 is 31.5 Å². The quantitative estimate of drug-likeness (QED) is 0.682. The molecule has 1 amide bonds. The van der Waals surface area contributed by atoms with Crippen molar-refractivity contribution in [3.05, 3.63) is 35.4 Å². The number of benzene rings is 1. The van der Waals surface area contributed by atoms with Gasteiger partial charge in [0.15, 0.2) is 0 Å². The second kappa shape index (κ2) is 7.41. The minimum absolute atomic E-state index is 0.0197. The summed E-state index contributed by atoms with van der Waals surface area (Å²) in [4.78, 5) is 14.3. The first kappa shape index (κ1) is 19.3. The van der Waals surface area contributed by atoms with Crippen molar-refractivity contribution in [3.8, 4) is 5.75 Å². The Morgan fingerprint density at radius 3 is 2.29 bits per heavy atom. The zero-order valence-corrected chi connectivity index (χ0v) is 15.8. The molecule has 0 bridgehead atoms. The highest BCUT2D eigenvalue weighted by Gasteiger charge is 2.39. The van der Waals surface area contributed by atoms with Crippen molar-refractivity contribution in [2.75, 3.05) is 39.4 Å². The Bertz CT molecular complexity index is 877. The van der Waals surface area contributed by atoms with Crippen LogP contribution in [0.4, 0.5) is 8.78 Å². The van der Waals surface area contributed by atoms with E-state index >= 15 is 0 Å². The lowest BCUT2D eigenvalue weighted by Crippen LogP contribution is -2.39. The van der Waals surface area contributed by atoms with Gasteiger partial charge in [0.05, 0.1) is 17.4 Å². The SMILES string of the molecule is O=C([C@@H]1CCOC1)N1CC2=C(C1)CN(S(=O)(=O)c1ccc(OC(F)F)cc1)C2. The summed E-state index contributed by atoms with van der Waals surface area (Å²) in [5, 5.41) is 0. The number of sulfonamides is 1. The average Bonchev–Trinajstić information content (AvgIpc) is 3.37. The highest BCUT2D eigenvalue weighted by atomic mass is 32.2. The number of amides is 1. The summed E-state index contributed by atoms with van der Waals surface area (Å²) in [6.07, 6.45) is 0.728. The van der Waals surface area contributed by atoms with Crippen LogP contribution in [0.2, 0.25) is 0 Å². The van der Waals surface area contributed by atoms with E-state index in [1.165, 1.54) is 28.6 Å². The molecular formula is C18H20F2N2O5S. The van der Waals surface area contributed by atoms with Crippen LogP contribution in [0.25, 0.3) is 0 Å². The summed E-state index contributed by atoms with van der Waals surface area (Å²) in [6, 6.07) is 4.93. The van der Waals surface area contributed by atoms with E-state index in [4.69, 9.17) is 4.74 Å². The molecule has 0 radical (unpaired) electrons. The van der Waals surface area contributed by atoms with Crippen LogP contribution in [0.15, 0.2) is 40.3 Å². The van der Waals surface area contributed by atoms with Gasteiger partial charge in [-0.25, -0.2) is 8.42 Å². The Morgan fingerprint density at radius 1 is 1.11 bits per heavy atom. The van der Waals surface area contributed by atoms with Crippen molar-refractivity contribution in [1.82, 2.24) is 9.21 Å². The summed E-state index contributed by atoms with van der Waals surface area (Å²) >= 11 is 0. The highest BCUT2D eigenvalue weighted by Crippen LogP contribution is 2.31. The van der Waals surface area contributed by atoms with E-state index in [1.54, 1.807) is 4.90 Å². The standard InChI is InChI=1S/C18H20F2N2O5S/c19-18(20)27-15-1-3-16(4-2-15)28(24,25)22-9-13-7-21(8-14(13)10-22)17(23)12-5-6-26-11-12/h1-4,12,18H,5-11H2/t12-/m1/s1. The second-order valence-electron chi connectivity index (χ2n) is 7.08. The summed E-state index contributed by atoms with van der Waals surface area (Å²) in [7, 11) is -3.75. The molecule has 152 valence electrons. The minimum atomic E-state index is -3.75. The third kappa shape index (κ3) is 3.63. The maximum atomic E-state index is 12.8. The van der Waals surface area contributed by atoms with E-state index in [1.807, 2.05) is 0 Å². The van der Waals surface area contributed by atoms with Crippen LogP contribution in [0, 0.1) is 5.92 Å². The molecule has 0 unspecified atom stereocenters. The molecule has 1 saturated heterocycles. The molecule has 3 aliphatic heterocycles. The number of alkyl halides is 2. The number of carbonyl (C=O) groups excluding carboxylic acids is 1. The molecule has 0 aromatic heterocycles. The Morgan fingerprint density at radius 2 is 1.75 bits per heavy atom. The molecule has 3 heterocycles. The Labute approximate surface area is 161 Å². The van der Waals surface area contributed by atoms with Gasteiger partial charge in [-0.3, -0.25) is 4.79 Å². The predicted molar refractivity (Wildman–Crippen MR) is 94.4 cm³/mol. The first-order chi connectivity index (χ1) is 13.3. The van der Waals surface area contributed by atoms with Crippen molar-refractivity contribution in [1.29, 1.82) is 0 Å². The fraction of sp³-hybridized carbons (Fsp3) is 0.500. The molecular weight excluding hydrogens is 394 g/mol. The Kier molecular flexibility index (Phi) is 5.11. The van der Waals surface area contributed by atoms with E-state index in [0.29, 0.717) is 26.3 Å². The van der Waals surface area contributed by atoms with Crippen LogP contribution in [0.5, 0.6) is 5.75 Å². The minimum Gasteiger partial charge on any atom is -0.435 e. The van der Waals surface area contributed by atoms with Crippen LogP contribution in [0.1, 0.15) is 6.42 Å². The topological polar surface area (TPSA) is 76.2 Å². The van der Waals surface area contributed by atoms with Crippen molar-refractivity contribution in [2.24, 2.45) is 5.92 Å². The Balaban J connectivity index is 1.39. The maximum Gasteiger partial charge on any atom is 0.387 e. The van der Waals surface area contributed by atoms with Crippen molar-refractivity contribution in [2.45, 2.75) is 17.9 Å². The predicted octanol–water partition coefficient (Wildman–Crippen LogP) is 1.47. The van der Waals surface area contributed by atoms with Crippen LogP contribution in [-0.4, -0.2) is 69.5 Å². The van der Waals surface area contributed by atoms with Gasteiger partial charge in [-0.15, -0.1) is 0 Å². The molecule has 1 aromatic carbocycles. The van der Waals surface area contributed by atoms with Crippen LogP contribution >= 0.6 is 0 Å². The fourth-order valence-electron chi connectivity index (χ4n) is 3.80. The lowest BCUT2D eigenvalue weighted by atomic mass is 10.1. The highest BCUT2D eigenvalue weighted by molar-refractivity contribution is 7.89. The monoisotopic (exact) mass is 414 g/mol. The van der Waals surface area contributed by atoms with Gasteiger partial charge in [-0.1, -0.05) is 0 Å². The van der Waals surface area contributed by atoms with E-state index in [0.717, 1.165) is 17.6 Å². The molecule has 28 heavy (non-hydrogen) atoms. The van der Waals surface area contributed by atoms with Crippen LogP contribution in [-0.2, 0) is 19.6 Å². The van der Waals surface area contributed by atoms with Gasteiger partial charge in [-0.05, 0) is 41.8 Å². The molecule has 0 saturated carbocycles. The number of carbonyl (C=O) groups is 1. The summed E-state index contributed by atoms with van der Waals surface area (Å²) in [5.41, 5.74) is 1.90. The van der Waals surface area contributed by atoms with Gasteiger partial charge >= 0.3 is 6.61 Å². The van der Waals surface area contributed by atoms with Gasteiger partial charge in [0, 0.05) is 32.8 Å². The van der Waals surface area contributed by atoms with Crippen molar-refractivity contribution >= 4 is 15.9 Å². The fourth-order valence-corrected chi connectivity index (χ4v) is 5.23. The lowest BCUT2D eigenvalue weighted by Gasteiger charge is -2.24. The van der Waals surface area contributed by atoms with Gasteiger partial charge < -0.3 is 14.4 Å². The van der Waals surface area contributed by atoms with Gasteiger partial charge in [-0.2, -0.15) is 13.1 Å². The molecule has 4 rings (SSSR count). The van der Waals surface area contributed by atoms with Gasteiger partial charge in [0.25, 0.3) is 0 Å². The maximum absolute atomic E-state index is 12.8. The lowest BCUT2D eigenvalue weighted by molar-refractivity contribution is -0.134. The van der Waals surface area contributed by atoms with E-state index in [2.05, 4.69) is 4.74 Å². The molecule has 1 fully saturated rings. The normalized spacial score (nSPS) is 23.0. The number of ether oxygens (including phenoxy) is 2. The molecule has 7 nitrogen and oxygen atoms in total. The molecule has 3 aliphatic rings. The number of nitrogens with zero attached hydrogens (tertiary/aromatic N) is 2. The van der Waals surface area contributed by atoms with Gasteiger partial charge in [0.2, 0.25) is 15.9 Å². The van der Waals surface area contributed by atoms with E-state index < -0.39 is 16.6 Å². The third-order valence-electron chi connectivity index (χ3n) is 5.28. The van der Waals surface area contributed by atoms with Gasteiger partial charge in [0.1, 0.15) is 5.75 Å². The molecule has 0 spiro atoms. The first-order valence-corrected chi connectivity index (χ1v) is 10.4. The zero-order chi connectivity index (χ0) is 19.9. The number of halogens is 2. The van der Waals surface area contributed by atoms with Crippen LogP contribution < -0.4 is 4.74 Å². The Hall–Kier alpha value is -2.04. The molecule has 0 aliphatic carbocycles. The smallest absolute Gasteiger partial charge is 0.387 e. The zero-order valence-electron chi connectivity index (χ0n) is 15.0. The number of rotatable bonds is 5. The first-order valence-electron chi connectivity index (χ1n) is 8.96. The van der Waals surface area contributed by atoms with Crippen molar-refractivity contribution in [3.63, 3.8) is 0 Å². The largest absolute Gasteiger partial charge is 0.435 e. The van der Waals surface area contributed by atoms with Crippen LogP contribution in [0.3, 0.4) is 0 Å². The average molecular weight is 414 g/mol. The van der Waals surface area contributed by atoms with E-state index in [-0.39, 0.29) is 35.6 Å². The molecule has 0 N–H and O–H groups in total. The third-order valence-corrected chi connectivity index (χ3v) is 7.08. The number of hydrogen-bond donors (Lipinski definition) is 0. The summed E-state index contributed by atoms with van der Waals surface area (Å²) in [6.45, 7) is -0.559. The van der Waals surface area contributed by atoms with E-state index in [9.17, 15) is 22.0 Å². The summed E-state index contributed by atoms with van der Waals surface area (Å²) < 4.78 is 61.0. The second-order valence-corrected chi connectivity index (χ2v) is 9.02. The number of hydrogen-bond acceptors (Lipinski definition) is 5. The summed E-state index contributed by atoms with van der Waals surface area (Å²) in [5.74, 6) is -0.134. The molecule has 1 atom stereocenters.